The normalized spacial score (nSPS) is 12.6. The zero-order valence-electron chi connectivity index (χ0n) is 15.3. The quantitative estimate of drug-likeness (QED) is 0.327. The molecule has 28 heavy (non-hydrogen) atoms. The molecular formula is C20H19ClN2O4S. The van der Waals surface area contributed by atoms with Crippen LogP contribution in [0, 0.1) is 0 Å². The van der Waals surface area contributed by atoms with Gasteiger partial charge < -0.3 is 14.2 Å². The van der Waals surface area contributed by atoms with Gasteiger partial charge in [0.15, 0.2) is 16.7 Å². The lowest BCUT2D eigenvalue weighted by Gasteiger charge is -2.13. The lowest BCUT2D eigenvalue weighted by atomic mass is 10.2. The van der Waals surface area contributed by atoms with Crippen LogP contribution >= 0.6 is 23.4 Å². The van der Waals surface area contributed by atoms with Crippen molar-refractivity contribution in [3.8, 4) is 11.5 Å². The SMILES string of the molecule is COCCCn1c(SCc2cc(Cl)c3c(c2)OCO3)nc2ccccc2c1=O. The summed E-state index contributed by atoms with van der Waals surface area (Å²) >= 11 is 7.77. The molecule has 0 bridgehead atoms. The zero-order valence-corrected chi connectivity index (χ0v) is 16.9. The van der Waals surface area contributed by atoms with E-state index >= 15 is 0 Å². The maximum atomic E-state index is 13.0. The van der Waals surface area contributed by atoms with Gasteiger partial charge in [0, 0.05) is 26.0 Å². The molecule has 0 fully saturated rings. The Morgan fingerprint density at radius 1 is 1.29 bits per heavy atom. The lowest BCUT2D eigenvalue weighted by Crippen LogP contribution is -2.24. The summed E-state index contributed by atoms with van der Waals surface area (Å²) in [5.74, 6) is 1.83. The van der Waals surface area contributed by atoms with Gasteiger partial charge in [-0.3, -0.25) is 9.36 Å². The monoisotopic (exact) mass is 418 g/mol. The first-order chi connectivity index (χ1) is 13.7. The van der Waals surface area contributed by atoms with Crippen LogP contribution in [-0.2, 0) is 17.0 Å². The lowest BCUT2D eigenvalue weighted by molar-refractivity contribution is 0.174. The van der Waals surface area contributed by atoms with Crippen molar-refractivity contribution in [1.82, 2.24) is 9.55 Å². The predicted molar refractivity (Wildman–Crippen MR) is 110 cm³/mol. The van der Waals surface area contributed by atoms with E-state index < -0.39 is 0 Å². The molecule has 0 saturated heterocycles. The van der Waals surface area contributed by atoms with Crippen LogP contribution in [0.25, 0.3) is 10.9 Å². The Hall–Kier alpha value is -2.22. The van der Waals surface area contributed by atoms with E-state index in [1.165, 1.54) is 11.8 Å². The summed E-state index contributed by atoms with van der Waals surface area (Å²) in [6.45, 7) is 1.31. The van der Waals surface area contributed by atoms with Crippen molar-refractivity contribution in [3.05, 3.63) is 57.3 Å². The molecule has 1 aromatic heterocycles. The van der Waals surface area contributed by atoms with Gasteiger partial charge in [-0.1, -0.05) is 35.5 Å². The number of halogens is 1. The summed E-state index contributed by atoms with van der Waals surface area (Å²) in [4.78, 5) is 17.7. The number of benzene rings is 2. The number of ether oxygens (including phenoxy) is 3. The number of methoxy groups -OCH3 is 1. The summed E-state index contributed by atoms with van der Waals surface area (Å²) in [6, 6.07) is 11.2. The average molecular weight is 419 g/mol. The number of aromatic nitrogens is 2. The number of thioether (sulfide) groups is 1. The third-order valence-corrected chi connectivity index (χ3v) is 5.74. The van der Waals surface area contributed by atoms with E-state index in [1.807, 2.05) is 36.4 Å². The number of rotatable bonds is 7. The molecule has 0 radical (unpaired) electrons. The van der Waals surface area contributed by atoms with Crippen molar-refractivity contribution < 1.29 is 14.2 Å². The second-order valence-corrected chi connectivity index (χ2v) is 7.66. The summed E-state index contributed by atoms with van der Waals surface area (Å²) in [5.41, 5.74) is 1.64. The van der Waals surface area contributed by atoms with Gasteiger partial charge in [0.25, 0.3) is 5.56 Å². The fourth-order valence-corrected chi connectivity index (χ4v) is 4.32. The fourth-order valence-electron chi connectivity index (χ4n) is 3.07. The highest BCUT2D eigenvalue weighted by Crippen LogP contribution is 2.40. The molecule has 3 aromatic rings. The molecule has 4 rings (SSSR count). The molecule has 0 N–H and O–H groups in total. The maximum Gasteiger partial charge on any atom is 0.262 e. The molecule has 1 aliphatic heterocycles. The van der Waals surface area contributed by atoms with Crippen molar-refractivity contribution in [2.24, 2.45) is 0 Å². The van der Waals surface area contributed by atoms with Crippen LogP contribution in [-0.4, -0.2) is 30.1 Å². The molecule has 2 heterocycles. The summed E-state index contributed by atoms with van der Waals surface area (Å²) in [7, 11) is 1.65. The number of hydrogen-bond donors (Lipinski definition) is 0. The van der Waals surface area contributed by atoms with Gasteiger partial charge in [0.2, 0.25) is 6.79 Å². The fraction of sp³-hybridized carbons (Fsp3) is 0.300. The van der Waals surface area contributed by atoms with E-state index in [0.29, 0.717) is 51.5 Å². The van der Waals surface area contributed by atoms with E-state index in [2.05, 4.69) is 0 Å². The van der Waals surface area contributed by atoms with Crippen molar-refractivity contribution in [2.75, 3.05) is 20.5 Å². The molecule has 8 heteroatoms. The Kier molecular flexibility index (Phi) is 5.75. The van der Waals surface area contributed by atoms with Gasteiger partial charge in [-0.2, -0.15) is 0 Å². The Morgan fingerprint density at radius 3 is 3.00 bits per heavy atom. The Bertz CT molecular complexity index is 1070. The molecule has 2 aromatic carbocycles. The minimum atomic E-state index is -0.0343. The van der Waals surface area contributed by atoms with Crippen LogP contribution in [0.5, 0.6) is 11.5 Å². The van der Waals surface area contributed by atoms with Crippen LogP contribution in [0.1, 0.15) is 12.0 Å². The van der Waals surface area contributed by atoms with E-state index in [-0.39, 0.29) is 12.4 Å². The van der Waals surface area contributed by atoms with Gasteiger partial charge in [-0.05, 0) is 36.2 Å². The topological polar surface area (TPSA) is 62.6 Å². The van der Waals surface area contributed by atoms with Gasteiger partial charge in [0.05, 0.1) is 15.9 Å². The van der Waals surface area contributed by atoms with Gasteiger partial charge in [-0.15, -0.1) is 0 Å². The predicted octanol–water partition coefficient (Wildman–Crippen LogP) is 4.11. The standard InChI is InChI=1S/C20H19ClN2O4S/c1-25-8-4-7-23-19(24)14-5-2-3-6-16(14)22-20(23)28-11-13-9-15(21)18-17(10-13)26-12-27-18/h2-3,5-6,9-10H,4,7-8,11-12H2,1H3. The average Bonchev–Trinajstić information content (AvgIpc) is 3.18. The smallest absolute Gasteiger partial charge is 0.262 e. The first kappa shape index (κ1) is 19.1. The molecule has 1 aliphatic rings. The molecule has 0 atom stereocenters. The second-order valence-electron chi connectivity index (χ2n) is 6.31. The molecule has 0 aliphatic carbocycles. The van der Waals surface area contributed by atoms with E-state index in [9.17, 15) is 4.79 Å². The number of nitrogens with zero attached hydrogens (tertiary/aromatic N) is 2. The van der Waals surface area contributed by atoms with Crippen molar-refractivity contribution in [1.29, 1.82) is 0 Å². The minimum absolute atomic E-state index is 0.0343. The maximum absolute atomic E-state index is 13.0. The molecular weight excluding hydrogens is 400 g/mol. The van der Waals surface area contributed by atoms with Gasteiger partial charge in [0.1, 0.15) is 0 Å². The van der Waals surface area contributed by atoms with Crippen LogP contribution < -0.4 is 15.0 Å². The highest BCUT2D eigenvalue weighted by molar-refractivity contribution is 7.98. The van der Waals surface area contributed by atoms with E-state index in [0.717, 1.165) is 12.0 Å². The van der Waals surface area contributed by atoms with Crippen LogP contribution in [0.3, 0.4) is 0 Å². The Morgan fingerprint density at radius 2 is 2.14 bits per heavy atom. The molecule has 0 unspecified atom stereocenters. The Labute approximate surface area is 171 Å². The largest absolute Gasteiger partial charge is 0.454 e. The van der Waals surface area contributed by atoms with Gasteiger partial charge in [-0.25, -0.2) is 4.98 Å². The van der Waals surface area contributed by atoms with Crippen molar-refractivity contribution in [3.63, 3.8) is 0 Å². The number of para-hydroxylation sites is 1. The summed E-state index contributed by atoms with van der Waals surface area (Å²) < 4.78 is 17.6. The first-order valence-electron chi connectivity index (χ1n) is 8.86. The highest BCUT2D eigenvalue weighted by Gasteiger charge is 2.19. The summed E-state index contributed by atoms with van der Waals surface area (Å²) in [5, 5.41) is 1.82. The molecule has 0 spiro atoms. The third-order valence-electron chi connectivity index (χ3n) is 4.41. The molecule has 146 valence electrons. The van der Waals surface area contributed by atoms with Gasteiger partial charge >= 0.3 is 0 Å². The molecule has 6 nitrogen and oxygen atoms in total. The van der Waals surface area contributed by atoms with Crippen LogP contribution in [0.4, 0.5) is 0 Å². The third kappa shape index (κ3) is 3.83. The number of hydrogen-bond acceptors (Lipinski definition) is 6. The van der Waals surface area contributed by atoms with Crippen LogP contribution in [0.2, 0.25) is 5.02 Å². The summed E-state index contributed by atoms with van der Waals surface area (Å²) in [6.07, 6.45) is 0.736. The van der Waals surface area contributed by atoms with Crippen molar-refractivity contribution >= 4 is 34.3 Å². The first-order valence-corrected chi connectivity index (χ1v) is 10.2. The van der Waals surface area contributed by atoms with E-state index in [1.54, 1.807) is 11.7 Å². The second kappa shape index (κ2) is 8.43. The van der Waals surface area contributed by atoms with Crippen LogP contribution in [0.15, 0.2) is 46.3 Å². The van der Waals surface area contributed by atoms with E-state index in [4.69, 9.17) is 30.8 Å². The highest BCUT2D eigenvalue weighted by atomic mass is 35.5. The minimum Gasteiger partial charge on any atom is -0.454 e. The van der Waals surface area contributed by atoms with Crippen molar-refractivity contribution in [2.45, 2.75) is 23.9 Å². The number of fused-ring (bicyclic) bond motifs is 2. The zero-order chi connectivity index (χ0) is 19.5. The Balaban J connectivity index is 1.64. The molecule has 0 saturated carbocycles. The molecule has 0 amide bonds.